The number of carbonyl (C=O) groups is 1. The molecule has 1 heterocycles. The molecule has 3 rings (SSSR count). The highest BCUT2D eigenvalue weighted by atomic mass is 19.1. The summed E-state index contributed by atoms with van der Waals surface area (Å²) in [6.07, 6.45) is 2.08. The Morgan fingerprint density at radius 3 is 2.84 bits per heavy atom. The lowest BCUT2D eigenvalue weighted by Crippen LogP contribution is -1.98. The number of carboxylic acids is 1. The molecule has 1 fully saturated rings. The van der Waals surface area contributed by atoms with Gasteiger partial charge >= 0.3 is 5.97 Å². The van der Waals surface area contributed by atoms with Crippen molar-refractivity contribution in [1.29, 1.82) is 0 Å². The number of hydrogen-bond acceptors (Lipinski definition) is 4. The average molecular weight is 263 g/mol. The summed E-state index contributed by atoms with van der Waals surface area (Å²) in [5.41, 5.74) is 0.635. The van der Waals surface area contributed by atoms with Gasteiger partial charge in [0.25, 0.3) is 0 Å². The number of ether oxygens (including phenoxy) is 1. The molecule has 0 saturated heterocycles. The fraction of sp³-hybridized carbons (Fsp3) is 0.231. The molecule has 0 atom stereocenters. The minimum Gasteiger partial charge on any atom is -0.490 e. The van der Waals surface area contributed by atoms with Crippen molar-refractivity contribution < 1.29 is 23.6 Å². The summed E-state index contributed by atoms with van der Waals surface area (Å²) < 4.78 is 23.6. The zero-order chi connectivity index (χ0) is 13.4. The zero-order valence-corrected chi connectivity index (χ0v) is 9.80. The van der Waals surface area contributed by atoms with Crippen molar-refractivity contribution in [3.8, 4) is 17.0 Å². The number of benzene rings is 1. The van der Waals surface area contributed by atoms with Crippen LogP contribution in [0.3, 0.4) is 0 Å². The molecule has 0 amide bonds. The first kappa shape index (κ1) is 11.7. The van der Waals surface area contributed by atoms with Gasteiger partial charge < -0.3 is 14.4 Å². The van der Waals surface area contributed by atoms with Crippen LogP contribution in [0.5, 0.6) is 5.75 Å². The molecular formula is C13H10FNO4. The Labute approximate surface area is 107 Å². The third-order valence-corrected chi connectivity index (χ3v) is 2.76. The lowest BCUT2D eigenvalue weighted by atomic mass is 10.1. The van der Waals surface area contributed by atoms with Gasteiger partial charge in [-0.1, -0.05) is 5.16 Å². The molecule has 0 unspecified atom stereocenters. The smallest absolute Gasteiger partial charge is 0.374 e. The third kappa shape index (κ3) is 2.42. The first-order chi connectivity index (χ1) is 9.13. The number of halogens is 1. The van der Waals surface area contributed by atoms with E-state index in [1.54, 1.807) is 0 Å². The van der Waals surface area contributed by atoms with E-state index in [1.165, 1.54) is 24.3 Å². The summed E-state index contributed by atoms with van der Waals surface area (Å²) in [6.45, 7) is 0. The van der Waals surface area contributed by atoms with Gasteiger partial charge in [-0.2, -0.15) is 0 Å². The van der Waals surface area contributed by atoms with Crippen LogP contribution >= 0.6 is 0 Å². The van der Waals surface area contributed by atoms with E-state index in [4.69, 9.17) is 9.84 Å². The van der Waals surface area contributed by atoms with E-state index in [1.807, 2.05) is 0 Å². The Balaban J connectivity index is 2.00. The maximum atomic E-state index is 13.3. The highest BCUT2D eigenvalue weighted by Crippen LogP contribution is 2.35. The van der Waals surface area contributed by atoms with E-state index in [9.17, 15) is 9.18 Å². The van der Waals surface area contributed by atoms with Crippen molar-refractivity contribution >= 4 is 5.97 Å². The highest BCUT2D eigenvalue weighted by molar-refractivity contribution is 5.86. The van der Waals surface area contributed by atoms with Gasteiger partial charge in [-0.25, -0.2) is 9.18 Å². The normalized spacial score (nSPS) is 14.4. The van der Waals surface area contributed by atoms with Gasteiger partial charge in [0.15, 0.2) is 0 Å². The second-order valence-corrected chi connectivity index (χ2v) is 4.34. The minimum atomic E-state index is -1.22. The average Bonchev–Trinajstić information content (AvgIpc) is 3.05. The van der Waals surface area contributed by atoms with Gasteiger partial charge in [-0.05, 0) is 31.0 Å². The molecular weight excluding hydrogens is 253 g/mol. The Bertz CT molecular complexity index is 633. The number of carboxylic acid groups (broad SMARTS) is 1. The maximum Gasteiger partial charge on any atom is 0.374 e. The summed E-state index contributed by atoms with van der Waals surface area (Å²) >= 11 is 0. The van der Waals surface area contributed by atoms with Gasteiger partial charge in [0.2, 0.25) is 5.76 Å². The molecule has 1 aliphatic carbocycles. The van der Waals surface area contributed by atoms with Crippen LogP contribution in [0.4, 0.5) is 4.39 Å². The Kier molecular flexibility index (Phi) is 2.70. The van der Waals surface area contributed by atoms with E-state index < -0.39 is 11.8 Å². The van der Waals surface area contributed by atoms with Crippen molar-refractivity contribution in [3.63, 3.8) is 0 Å². The Hall–Kier alpha value is -2.37. The van der Waals surface area contributed by atoms with E-state index in [0.29, 0.717) is 11.3 Å². The summed E-state index contributed by atoms with van der Waals surface area (Å²) in [7, 11) is 0. The number of aromatic carboxylic acids is 1. The molecule has 1 aliphatic rings. The van der Waals surface area contributed by atoms with Gasteiger partial charge in [0, 0.05) is 11.6 Å². The second kappa shape index (κ2) is 4.38. The minimum absolute atomic E-state index is 0.148. The van der Waals surface area contributed by atoms with Crippen molar-refractivity contribution in [2.75, 3.05) is 0 Å². The predicted molar refractivity (Wildman–Crippen MR) is 62.5 cm³/mol. The van der Waals surface area contributed by atoms with Crippen LogP contribution in [0.25, 0.3) is 11.3 Å². The van der Waals surface area contributed by atoms with Crippen LogP contribution in [0.15, 0.2) is 28.8 Å². The summed E-state index contributed by atoms with van der Waals surface area (Å²) in [6, 6.07) is 5.30. The van der Waals surface area contributed by atoms with Gasteiger partial charge in [0.05, 0.1) is 6.10 Å². The SMILES string of the molecule is O=C(O)c1cc(-c2cc(F)ccc2OC2CC2)no1. The largest absolute Gasteiger partial charge is 0.490 e. The molecule has 0 bridgehead atoms. The van der Waals surface area contributed by atoms with Crippen LogP contribution in [-0.2, 0) is 0 Å². The Morgan fingerprint density at radius 2 is 2.21 bits per heavy atom. The van der Waals surface area contributed by atoms with Crippen LogP contribution in [0.1, 0.15) is 23.4 Å². The Morgan fingerprint density at radius 1 is 1.42 bits per heavy atom. The fourth-order valence-corrected chi connectivity index (χ4v) is 1.67. The molecule has 98 valence electrons. The number of hydrogen-bond donors (Lipinski definition) is 1. The maximum absolute atomic E-state index is 13.3. The molecule has 1 aromatic carbocycles. The third-order valence-electron chi connectivity index (χ3n) is 2.76. The van der Waals surface area contributed by atoms with Crippen LogP contribution in [-0.4, -0.2) is 22.3 Å². The molecule has 2 aromatic rings. The second-order valence-electron chi connectivity index (χ2n) is 4.34. The van der Waals surface area contributed by atoms with Crippen molar-refractivity contribution in [3.05, 3.63) is 35.8 Å². The number of nitrogens with zero attached hydrogens (tertiary/aromatic N) is 1. The molecule has 6 heteroatoms. The lowest BCUT2D eigenvalue weighted by molar-refractivity contribution is 0.0652. The molecule has 5 nitrogen and oxygen atoms in total. The van der Waals surface area contributed by atoms with Crippen molar-refractivity contribution in [1.82, 2.24) is 5.16 Å². The molecule has 1 aromatic heterocycles. The van der Waals surface area contributed by atoms with Crippen LogP contribution < -0.4 is 4.74 Å². The monoisotopic (exact) mass is 263 g/mol. The molecule has 0 radical (unpaired) electrons. The van der Waals surface area contributed by atoms with E-state index in [0.717, 1.165) is 12.8 Å². The standard InChI is InChI=1S/C13H10FNO4/c14-7-1-4-11(18-8-2-3-8)9(5-7)10-6-12(13(16)17)19-15-10/h1,4-6,8H,2-3H2,(H,16,17). The van der Waals surface area contributed by atoms with Crippen molar-refractivity contribution in [2.24, 2.45) is 0 Å². The van der Waals surface area contributed by atoms with E-state index >= 15 is 0 Å². The summed E-state index contributed by atoms with van der Waals surface area (Å²) in [5.74, 6) is -1.48. The van der Waals surface area contributed by atoms with Gasteiger partial charge in [-0.3, -0.25) is 0 Å². The molecule has 1 N–H and O–H groups in total. The van der Waals surface area contributed by atoms with Gasteiger partial charge in [0.1, 0.15) is 17.3 Å². The van der Waals surface area contributed by atoms with Crippen LogP contribution in [0, 0.1) is 5.82 Å². The molecule has 1 saturated carbocycles. The molecule has 0 spiro atoms. The summed E-state index contributed by atoms with van der Waals surface area (Å²) in [5, 5.41) is 12.4. The molecule has 19 heavy (non-hydrogen) atoms. The predicted octanol–water partition coefficient (Wildman–Crippen LogP) is 2.72. The fourth-order valence-electron chi connectivity index (χ4n) is 1.67. The van der Waals surface area contributed by atoms with E-state index in [-0.39, 0.29) is 17.6 Å². The lowest BCUT2D eigenvalue weighted by Gasteiger charge is -2.08. The topological polar surface area (TPSA) is 72.6 Å². The van der Waals surface area contributed by atoms with Crippen molar-refractivity contribution in [2.45, 2.75) is 18.9 Å². The quantitative estimate of drug-likeness (QED) is 0.918. The van der Waals surface area contributed by atoms with Crippen LogP contribution in [0.2, 0.25) is 0 Å². The first-order valence-corrected chi connectivity index (χ1v) is 5.80. The molecule has 0 aliphatic heterocycles. The first-order valence-electron chi connectivity index (χ1n) is 5.80. The van der Waals surface area contributed by atoms with E-state index in [2.05, 4.69) is 9.68 Å². The van der Waals surface area contributed by atoms with Gasteiger partial charge in [-0.15, -0.1) is 0 Å². The summed E-state index contributed by atoms with van der Waals surface area (Å²) in [4.78, 5) is 10.7. The zero-order valence-electron chi connectivity index (χ0n) is 9.80. The highest BCUT2D eigenvalue weighted by Gasteiger charge is 2.25. The number of aromatic nitrogens is 1. The number of rotatable bonds is 4.